The third-order valence-corrected chi connectivity index (χ3v) is 4.55. The van der Waals surface area contributed by atoms with Crippen molar-refractivity contribution < 1.29 is 0 Å². The van der Waals surface area contributed by atoms with Crippen LogP contribution in [0.5, 0.6) is 0 Å². The molecule has 0 atom stereocenters. The quantitative estimate of drug-likeness (QED) is 0.606. The molecule has 4 heteroatoms. The molecule has 0 aliphatic heterocycles. The van der Waals surface area contributed by atoms with Gasteiger partial charge in [0.2, 0.25) is 0 Å². The monoisotopic (exact) mass is 335 g/mol. The number of halogens is 2. The van der Waals surface area contributed by atoms with E-state index in [0.29, 0.717) is 20.4 Å². The number of hydrogen-bond acceptors (Lipinski definition) is 1. The van der Waals surface area contributed by atoms with Crippen LogP contribution in [0.3, 0.4) is 0 Å². The van der Waals surface area contributed by atoms with E-state index in [1.807, 2.05) is 12.1 Å². The average Bonchev–Trinajstić information content (AvgIpc) is 2.67. The van der Waals surface area contributed by atoms with Crippen molar-refractivity contribution in [3.8, 4) is 10.1 Å². The van der Waals surface area contributed by atoms with Crippen molar-refractivity contribution in [1.82, 2.24) is 4.98 Å². The molecule has 1 nitrogen and oxygen atoms in total. The van der Waals surface area contributed by atoms with E-state index in [-0.39, 0.29) is 0 Å². The Morgan fingerprint density at radius 2 is 2.00 bits per heavy atom. The van der Waals surface area contributed by atoms with Crippen LogP contribution in [-0.4, -0.2) is 19.5 Å². The predicted molar refractivity (Wildman–Crippen MR) is 63.9 cm³/mol. The van der Waals surface area contributed by atoms with Crippen LogP contribution in [0, 0.1) is 0 Å². The fraction of sp³-hybridized carbons (Fsp3) is 0.100. The SMILES string of the molecule is ClCc1c[se]c(-c2ccc(Br)cc2)n1. The van der Waals surface area contributed by atoms with Crippen LogP contribution in [0.2, 0.25) is 0 Å². The van der Waals surface area contributed by atoms with Gasteiger partial charge in [0.05, 0.1) is 0 Å². The Hall–Kier alpha value is -0.0805. The summed E-state index contributed by atoms with van der Waals surface area (Å²) in [7, 11) is 0. The molecule has 0 N–H and O–H groups in total. The molecule has 2 aromatic rings. The number of hydrogen-bond donors (Lipinski definition) is 0. The molecule has 72 valence electrons. The molecule has 0 radical (unpaired) electrons. The molecule has 1 aromatic carbocycles. The van der Waals surface area contributed by atoms with E-state index in [1.54, 1.807) is 0 Å². The summed E-state index contributed by atoms with van der Waals surface area (Å²) in [6.07, 6.45) is 0. The third-order valence-electron chi connectivity index (χ3n) is 1.78. The van der Waals surface area contributed by atoms with Crippen LogP contribution in [0.15, 0.2) is 33.7 Å². The Kier molecular flexibility index (Phi) is 3.45. The second kappa shape index (κ2) is 4.63. The number of aromatic nitrogens is 1. The number of benzene rings is 1. The Morgan fingerprint density at radius 3 is 2.57 bits per heavy atom. The number of alkyl halides is 1. The first-order valence-corrected chi connectivity index (χ1v) is 7.23. The minimum absolute atomic E-state index is 0.345. The van der Waals surface area contributed by atoms with Crippen molar-refractivity contribution in [2.24, 2.45) is 0 Å². The zero-order valence-corrected chi connectivity index (χ0v) is 11.3. The van der Waals surface area contributed by atoms with Crippen molar-refractivity contribution in [2.45, 2.75) is 5.88 Å². The second-order valence-electron chi connectivity index (χ2n) is 2.78. The van der Waals surface area contributed by atoms with Gasteiger partial charge in [-0.2, -0.15) is 0 Å². The van der Waals surface area contributed by atoms with Gasteiger partial charge >= 0.3 is 102 Å². The van der Waals surface area contributed by atoms with E-state index >= 15 is 0 Å². The molecular weight excluding hydrogens is 328 g/mol. The van der Waals surface area contributed by atoms with Crippen molar-refractivity contribution in [3.05, 3.63) is 39.4 Å². The Bertz CT molecular complexity index is 424. The van der Waals surface area contributed by atoms with Crippen molar-refractivity contribution >= 4 is 42.0 Å². The molecule has 0 fully saturated rings. The fourth-order valence-corrected chi connectivity index (χ4v) is 3.43. The van der Waals surface area contributed by atoms with Crippen LogP contribution in [0.25, 0.3) is 10.1 Å². The Morgan fingerprint density at radius 1 is 1.29 bits per heavy atom. The van der Waals surface area contributed by atoms with Crippen LogP contribution in [-0.2, 0) is 5.88 Å². The first-order chi connectivity index (χ1) is 6.79. The predicted octanol–water partition coefficient (Wildman–Crippen LogP) is 3.31. The summed E-state index contributed by atoms with van der Waals surface area (Å²) < 4.78 is 2.26. The van der Waals surface area contributed by atoms with E-state index in [4.69, 9.17) is 11.6 Å². The normalized spacial score (nSPS) is 10.4. The van der Waals surface area contributed by atoms with Gasteiger partial charge in [-0.25, -0.2) is 0 Å². The van der Waals surface area contributed by atoms with E-state index in [0.717, 1.165) is 10.2 Å². The molecule has 0 saturated heterocycles. The van der Waals surface area contributed by atoms with Gasteiger partial charge in [0.15, 0.2) is 0 Å². The minimum atomic E-state index is 0.345. The fourth-order valence-electron chi connectivity index (χ4n) is 1.09. The summed E-state index contributed by atoms with van der Waals surface area (Å²) in [5.74, 6) is 0.516. The van der Waals surface area contributed by atoms with Crippen LogP contribution >= 0.6 is 27.5 Å². The maximum absolute atomic E-state index is 5.71. The van der Waals surface area contributed by atoms with Gasteiger partial charge in [-0.05, 0) is 0 Å². The van der Waals surface area contributed by atoms with E-state index < -0.39 is 0 Å². The molecule has 0 aliphatic rings. The van der Waals surface area contributed by atoms with Crippen molar-refractivity contribution in [2.75, 3.05) is 0 Å². The third kappa shape index (κ3) is 2.29. The van der Waals surface area contributed by atoms with Gasteiger partial charge in [0.1, 0.15) is 0 Å². The Labute approximate surface area is 102 Å². The number of nitrogens with zero attached hydrogens (tertiary/aromatic N) is 1. The molecule has 0 saturated carbocycles. The van der Waals surface area contributed by atoms with Crippen molar-refractivity contribution in [1.29, 1.82) is 0 Å². The van der Waals surface area contributed by atoms with Gasteiger partial charge in [-0.15, -0.1) is 0 Å². The topological polar surface area (TPSA) is 12.9 Å². The summed E-state index contributed by atoms with van der Waals surface area (Å²) in [6, 6.07) is 8.23. The summed E-state index contributed by atoms with van der Waals surface area (Å²) in [6.45, 7) is 0. The first kappa shape index (κ1) is 10.4. The zero-order valence-electron chi connectivity index (χ0n) is 7.21. The average molecular weight is 335 g/mol. The van der Waals surface area contributed by atoms with Gasteiger partial charge in [0.25, 0.3) is 0 Å². The molecule has 2 rings (SSSR count). The molecule has 0 amide bonds. The van der Waals surface area contributed by atoms with Gasteiger partial charge in [-0.3, -0.25) is 0 Å². The summed E-state index contributed by atoms with van der Waals surface area (Å²) in [5, 5.41) is 0. The maximum atomic E-state index is 5.71. The van der Waals surface area contributed by atoms with Gasteiger partial charge in [0, 0.05) is 0 Å². The molecule has 0 bridgehead atoms. The zero-order chi connectivity index (χ0) is 9.97. The summed E-state index contributed by atoms with van der Waals surface area (Å²) in [5.41, 5.74) is 2.20. The van der Waals surface area contributed by atoms with Crippen LogP contribution in [0.1, 0.15) is 5.69 Å². The van der Waals surface area contributed by atoms with Gasteiger partial charge < -0.3 is 0 Å². The second-order valence-corrected chi connectivity index (χ2v) is 5.77. The summed E-state index contributed by atoms with van der Waals surface area (Å²) in [4.78, 5) is 6.60. The molecule has 0 aliphatic carbocycles. The molecule has 0 spiro atoms. The van der Waals surface area contributed by atoms with E-state index in [2.05, 4.69) is 38.0 Å². The van der Waals surface area contributed by atoms with Crippen LogP contribution in [0.4, 0.5) is 0 Å². The summed E-state index contributed by atoms with van der Waals surface area (Å²) >= 11 is 9.47. The number of rotatable bonds is 2. The van der Waals surface area contributed by atoms with Gasteiger partial charge in [-0.1, -0.05) is 0 Å². The van der Waals surface area contributed by atoms with E-state index in [1.165, 1.54) is 10.1 Å². The molecule has 14 heavy (non-hydrogen) atoms. The molecule has 1 aromatic heterocycles. The van der Waals surface area contributed by atoms with E-state index in [9.17, 15) is 0 Å². The Balaban J connectivity index is 2.34. The van der Waals surface area contributed by atoms with Crippen LogP contribution < -0.4 is 0 Å². The van der Waals surface area contributed by atoms with Crippen molar-refractivity contribution in [3.63, 3.8) is 0 Å². The molecule has 1 heterocycles. The molecule has 0 unspecified atom stereocenters. The standard InChI is InChI=1S/C10H7BrClNSe/c11-8-3-1-7(2-4-8)10-13-9(5-12)6-14-10/h1-4,6H,5H2. The molecular formula is C10H7BrClNSe. The first-order valence-electron chi connectivity index (χ1n) is 4.06.